The van der Waals surface area contributed by atoms with Crippen LogP contribution in [0.3, 0.4) is 0 Å². The summed E-state index contributed by atoms with van der Waals surface area (Å²) >= 11 is 5.54. The number of aliphatic hydroxyl groups is 1. The molecular formula is C13H9ClF2O2. The Morgan fingerprint density at radius 3 is 2.56 bits per heavy atom. The number of hydrogen-bond acceptors (Lipinski definition) is 2. The summed E-state index contributed by atoms with van der Waals surface area (Å²) in [7, 11) is 0. The Balaban J connectivity index is 2.30. The van der Waals surface area contributed by atoms with Crippen LogP contribution in [0.5, 0.6) is 11.5 Å². The molecular weight excluding hydrogens is 262 g/mol. The molecule has 0 atom stereocenters. The molecule has 0 aliphatic rings. The minimum absolute atomic E-state index is 0.0103. The number of halogens is 3. The van der Waals surface area contributed by atoms with E-state index in [2.05, 4.69) is 0 Å². The molecule has 0 aliphatic carbocycles. The van der Waals surface area contributed by atoms with E-state index in [-0.39, 0.29) is 28.7 Å². The molecule has 0 amide bonds. The van der Waals surface area contributed by atoms with Crippen molar-refractivity contribution in [2.24, 2.45) is 0 Å². The summed E-state index contributed by atoms with van der Waals surface area (Å²) in [6.45, 7) is -0.372. The maximum atomic E-state index is 13.2. The van der Waals surface area contributed by atoms with E-state index in [9.17, 15) is 8.78 Å². The largest absolute Gasteiger partial charge is 0.457 e. The Hall–Kier alpha value is -1.65. The van der Waals surface area contributed by atoms with Crippen LogP contribution in [0.1, 0.15) is 5.56 Å². The molecule has 94 valence electrons. The lowest BCUT2D eigenvalue weighted by atomic mass is 10.2. The first kappa shape index (κ1) is 12.8. The van der Waals surface area contributed by atoms with Gasteiger partial charge in [-0.3, -0.25) is 0 Å². The van der Waals surface area contributed by atoms with E-state index in [1.54, 1.807) is 0 Å². The molecule has 0 fully saturated rings. The molecule has 0 heterocycles. The van der Waals surface area contributed by atoms with Gasteiger partial charge in [0.25, 0.3) is 0 Å². The number of hydrogen-bond donors (Lipinski definition) is 1. The van der Waals surface area contributed by atoms with Crippen LogP contribution in [0, 0.1) is 11.6 Å². The zero-order chi connectivity index (χ0) is 13.1. The fourth-order valence-electron chi connectivity index (χ4n) is 1.44. The first-order valence-electron chi connectivity index (χ1n) is 5.12. The van der Waals surface area contributed by atoms with Gasteiger partial charge in [0.15, 0.2) is 0 Å². The quantitative estimate of drug-likeness (QED) is 0.916. The van der Waals surface area contributed by atoms with Crippen molar-refractivity contribution in [2.75, 3.05) is 0 Å². The van der Waals surface area contributed by atoms with Gasteiger partial charge in [0.2, 0.25) is 0 Å². The molecule has 0 spiro atoms. The van der Waals surface area contributed by atoms with Crippen LogP contribution in [0.15, 0.2) is 36.4 Å². The van der Waals surface area contributed by atoms with E-state index in [0.717, 1.165) is 12.1 Å². The van der Waals surface area contributed by atoms with Crippen LogP contribution in [0.4, 0.5) is 8.78 Å². The van der Waals surface area contributed by atoms with Gasteiger partial charge in [-0.1, -0.05) is 11.6 Å². The summed E-state index contributed by atoms with van der Waals surface area (Å²) in [6, 6.07) is 7.67. The van der Waals surface area contributed by atoms with Gasteiger partial charge in [-0.05, 0) is 30.3 Å². The summed E-state index contributed by atoms with van der Waals surface area (Å²) in [5.74, 6) is -0.602. The van der Waals surface area contributed by atoms with Crippen molar-refractivity contribution in [3.8, 4) is 11.5 Å². The number of ether oxygens (including phenoxy) is 1. The summed E-state index contributed by atoms with van der Waals surface area (Å²) in [6.07, 6.45) is 0. The van der Waals surface area contributed by atoms with Gasteiger partial charge in [-0.2, -0.15) is 0 Å². The maximum Gasteiger partial charge on any atom is 0.145 e. The normalized spacial score (nSPS) is 10.4. The van der Waals surface area contributed by atoms with Crippen molar-refractivity contribution in [2.45, 2.75) is 6.61 Å². The Morgan fingerprint density at radius 1 is 1.11 bits per heavy atom. The molecule has 0 aromatic heterocycles. The Bertz CT molecular complexity index is 573. The van der Waals surface area contributed by atoms with Gasteiger partial charge in [-0.25, -0.2) is 8.78 Å². The minimum Gasteiger partial charge on any atom is -0.457 e. The highest BCUT2D eigenvalue weighted by Gasteiger charge is 2.07. The molecule has 0 saturated carbocycles. The predicted molar refractivity (Wildman–Crippen MR) is 63.8 cm³/mol. The maximum absolute atomic E-state index is 13.2. The van der Waals surface area contributed by atoms with E-state index in [1.165, 1.54) is 24.3 Å². The van der Waals surface area contributed by atoms with Crippen LogP contribution in [-0.2, 0) is 6.61 Å². The van der Waals surface area contributed by atoms with Crippen LogP contribution in [-0.4, -0.2) is 5.11 Å². The number of rotatable bonds is 3. The van der Waals surface area contributed by atoms with E-state index in [0.29, 0.717) is 0 Å². The topological polar surface area (TPSA) is 29.5 Å². The highest BCUT2D eigenvalue weighted by atomic mass is 35.5. The second kappa shape index (κ2) is 5.33. The molecule has 1 N–H and O–H groups in total. The molecule has 0 saturated heterocycles. The lowest BCUT2D eigenvalue weighted by Gasteiger charge is -2.10. The second-order valence-corrected chi connectivity index (χ2v) is 4.00. The monoisotopic (exact) mass is 270 g/mol. The van der Waals surface area contributed by atoms with E-state index in [4.69, 9.17) is 21.4 Å². The first-order chi connectivity index (χ1) is 8.60. The Morgan fingerprint density at radius 2 is 1.89 bits per heavy atom. The summed E-state index contributed by atoms with van der Waals surface area (Å²) < 4.78 is 31.5. The van der Waals surface area contributed by atoms with Crippen molar-refractivity contribution < 1.29 is 18.6 Å². The van der Waals surface area contributed by atoms with Gasteiger partial charge < -0.3 is 9.84 Å². The smallest absolute Gasteiger partial charge is 0.145 e. The molecule has 0 unspecified atom stereocenters. The third-order valence-corrected chi connectivity index (χ3v) is 2.62. The predicted octanol–water partition coefficient (Wildman–Crippen LogP) is 3.90. The minimum atomic E-state index is -0.609. The molecule has 2 nitrogen and oxygen atoms in total. The summed E-state index contributed by atoms with van der Waals surface area (Å²) in [5.41, 5.74) is 0.283. The first-order valence-corrected chi connectivity index (χ1v) is 5.50. The lowest BCUT2D eigenvalue weighted by Crippen LogP contribution is -1.93. The molecule has 0 bridgehead atoms. The average Bonchev–Trinajstić information content (AvgIpc) is 2.36. The molecule has 18 heavy (non-hydrogen) atoms. The number of aliphatic hydroxyl groups excluding tert-OH is 1. The highest BCUT2D eigenvalue weighted by molar-refractivity contribution is 6.30. The Labute approximate surface area is 107 Å². The molecule has 2 rings (SSSR count). The molecule has 5 heteroatoms. The molecule has 2 aromatic rings. The van der Waals surface area contributed by atoms with Crippen molar-refractivity contribution >= 4 is 11.6 Å². The summed E-state index contributed by atoms with van der Waals surface area (Å²) in [4.78, 5) is 0. The third kappa shape index (κ3) is 2.78. The highest BCUT2D eigenvalue weighted by Crippen LogP contribution is 2.28. The van der Waals surface area contributed by atoms with Gasteiger partial charge in [0, 0.05) is 11.6 Å². The van der Waals surface area contributed by atoms with Crippen LogP contribution in [0.25, 0.3) is 0 Å². The zero-order valence-electron chi connectivity index (χ0n) is 9.16. The van der Waals surface area contributed by atoms with Gasteiger partial charge in [0.1, 0.15) is 23.1 Å². The van der Waals surface area contributed by atoms with E-state index >= 15 is 0 Å². The molecule has 0 radical (unpaired) electrons. The van der Waals surface area contributed by atoms with Crippen molar-refractivity contribution in [3.05, 3.63) is 58.6 Å². The molecule has 2 aromatic carbocycles. The zero-order valence-corrected chi connectivity index (χ0v) is 9.92. The molecule has 0 aliphatic heterocycles. The average molecular weight is 271 g/mol. The van der Waals surface area contributed by atoms with Gasteiger partial charge >= 0.3 is 0 Å². The van der Waals surface area contributed by atoms with Crippen molar-refractivity contribution in [1.29, 1.82) is 0 Å². The fourth-order valence-corrected chi connectivity index (χ4v) is 1.56. The lowest BCUT2D eigenvalue weighted by molar-refractivity contribution is 0.275. The summed E-state index contributed by atoms with van der Waals surface area (Å²) in [5, 5.41) is 9.07. The van der Waals surface area contributed by atoms with Crippen LogP contribution >= 0.6 is 11.6 Å². The Kier molecular flexibility index (Phi) is 3.79. The second-order valence-electron chi connectivity index (χ2n) is 3.59. The van der Waals surface area contributed by atoms with Crippen LogP contribution in [0.2, 0.25) is 5.02 Å². The van der Waals surface area contributed by atoms with E-state index in [1.807, 2.05) is 0 Å². The van der Waals surface area contributed by atoms with Gasteiger partial charge in [-0.15, -0.1) is 0 Å². The van der Waals surface area contributed by atoms with Crippen molar-refractivity contribution in [3.63, 3.8) is 0 Å². The van der Waals surface area contributed by atoms with Crippen molar-refractivity contribution in [1.82, 2.24) is 0 Å². The van der Waals surface area contributed by atoms with Gasteiger partial charge in [0.05, 0.1) is 11.6 Å². The number of benzene rings is 2. The standard InChI is InChI=1S/C13H9ClF2O2/c14-11-3-2-10(6-12(11)16)18-13-4-1-9(15)5-8(13)7-17/h1-6,17H,7H2. The van der Waals surface area contributed by atoms with E-state index < -0.39 is 11.6 Å². The third-order valence-electron chi connectivity index (χ3n) is 2.31. The van der Waals surface area contributed by atoms with Crippen LogP contribution < -0.4 is 4.74 Å². The fraction of sp³-hybridized carbons (Fsp3) is 0.0769. The SMILES string of the molecule is OCc1cc(F)ccc1Oc1ccc(Cl)c(F)c1.